The molecule has 0 aliphatic heterocycles. The molecule has 1 aromatic carbocycles. The molecular formula is C19H24ClFN6O2. The maximum absolute atomic E-state index is 14.1. The van der Waals surface area contributed by atoms with E-state index in [0.29, 0.717) is 11.4 Å². The first-order valence-electron chi connectivity index (χ1n) is 9.50. The number of anilines is 2. The number of rotatable bonds is 6. The van der Waals surface area contributed by atoms with Crippen LogP contribution in [-0.4, -0.2) is 20.9 Å². The lowest BCUT2D eigenvalue weighted by molar-refractivity contribution is -0.385. The number of benzene rings is 1. The van der Waals surface area contributed by atoms with Gasteiger partial charge in [0, 0.05) is 18.2 Å². The van der Waals surface area contributed by atoms with Gasteiger partial charge in [-0.15, -0.1) is 0 Å². The van der Waals surface area contributed by atoms with E-state index >= 15 is 0 Å². The number of hydrogen-bond acceptors (Lipinski definition) is 7. The summed E-state index contributed by atoms with van der Waals surface area (Å²) in [6, 6.07) is 3.11. The Labute approximate surface area is 173 Å². The van der Waals surface area contributed by atoms with Crippen LogP contribution in [-0.2, 0) is 13.0 Å². The number of nitrogen functional groups attached to an aromatic ring is 1. The fourth-order valence-electron chi connectivity index (χ4n) is 3.65. The van der Waals surface area contributed by atoms with Crippen LogP contribution in [0.25, 0.3) is 0 Å². The van der Waals surface area contributed by atoms with Crippen molar-refractivity contribution in [1.82, 2.24) is 9.97 Å². The van der Waals surface area contributed by atoms with E-state index in [0.717, 1.165) is 31.2 Å². The Kier molecular flexibility index (Phi) is 6.49. The second kappa shape index (κ2) is 8.87. The lowest BCUT2D eigenvalue weighted by Gasteiger charge is -2.25. The van der Waals surface area contributed by atoms with Crippen molar-refractivity contribution in [2.24, 2.45) is 11.7 Å². The van der Waals surface area contributed by atoms with Crippen LogP contribution in [0.2, 0.25) is 5.02 Å². The molecular weight excluding hydrogens is 399 g/mol. The first-order valence-corrected chi connectivity index (χ1v) is 9.87. The molecule has 2 aromatic rings. The Morgan fingerprint density at radius 2 is 2.00 bits per heavy atom. The van der Waals surface area contributed by atoms with Gasteiger partial charge in [0.05, 0.1) is 9.95 Å². The van der Waals surface area contributed by atoms with Gasteiger partial charge in [0.25, 0.3) is 0 Å². The van der Waals surface area contributed by atoms with Gasteiger partial charge in [-0.1, -0.05) is 17.7 Å². The third kappa shape index (κ3) is 4.91. The highest BCUT2D eigenvalue weighted by Crippen LogP contribution is 2.32. The third-order valence-electron chi connectivity index (χ3n) is 5.34. The summed E-state index contributed by atoms with van der Waals surface area (Å²) < 4.78 is 14.1. The summed E-state index contributed by atoms with van der Waals surface area (Å²) in [7, 11) is 0. The van der Waals surface area contributed by atoms with Gasteiger partial charge in [0.2, 0.25) is 11.8 Å². The average molecular weight is 423 g/mol. The predicted molar refractivity (Wildman–Crippen MR) is 110 cm³/mol. The van der Waals surface area contributed by atoms with E-state index < -0.39 is 10.7 Å². The predicted octanol–water partition coefficient (Wildman–Crippen LogP) is 3.74. The van der Waals surface area contributed by atoms with Crippen LogP contribution in [0.1, 0.15) is 42.5 Å². The summed E-state index contributed by atoms with van der Waals surface area (Å²) in [4.78, 5) is 19.2. The average Bonchev–Trinajstić information content (AvgIpc) is 2.66. The van der Waals surface area contributed by atoms with Crippen molar-refractivity contribution in [2.75, 3.05) is 11.1 Å². The van der Waals surface area contributed by atoms with Crippen LogP contribution >= 0.6 is 11.6 Å². The van der Waals surface area contributed by atoms with Crippen molar-refractivity contribution in [2.45, 2.75) is 51.6 Å². The molecule has 1 aliphatic carbocycles. The zero-order valence-electron chi connectivity index (χ0n) is 16.1. The Bertz CT molecular complexity index is 918. The number of halogens is 2. The molecule has 1 aliphatic rings. The zero-order valence-corrected chi connectivity index (χ0v) is 16.9. The van der Waals surface area contributed by atoms with Crippen LogP contribution < -0.4 is 16.8 Å². The topological polar surface area (TPSA) is 133 Å². The Morgan fingerprint density at radius 3 is 2.66 bits per heavy atom. The molecule has 0 radical (unpaired) electrons. The molecule has 0 unspecified atom stereocenters. The molecule has 0 atom stereocenters. The minimum atomic E-state index is -0.555. The van der Waals surface area contributed by atoms with Crippen LogP contribution in [0.4, 0.5) is 21.8 Å². The van der Waals surface area contributed by atoms with E-state index in [1.165, 1.54) is 6.07 Å². The van der Waals surface area contributed by atoms with E-state index in [9.17, 15) is 14.5 Å². The first kappa shape index (κ1) is 21.2. The normalized spacial score (nSPS) is 19.2. The molecule has 5 N–H and O–H groups in total. The van der Waals surface area contributed by atoms with Gasteiger partial charge in [-0.25, -0.2) is 9.37 Å². The number of hydrogen-bond donors (Lipinski definition) is 3. The first-order chi connectivity index (χ1) is 13.8. The SMILES string of the molecule is Cc1ccc(F)c(CNc2nc(N)c([N+](=O)[O-])c(CC3CCC(N)CC3)n2)c1Cl. The van der Waals surface area contributed by atoms with Crippen molar-refractivity contribution < 1.29 is 9.31 Å². The summed E-state index contributed by atoms with van der Waals surface area (Å²) >= 11 is 6.19. The summed E-state index contributed by atoms with van der Waals surface area (Å²) in [5.74, 6) is -0.320. The molecule has 29 heavy (non-hydrogen) atoms. The van der Waals surface area contributed by atoms with E-state index in [2.05, 4.69) is 15.3 Å². The largest absolute Gasteiger partial charge is 0.378 e. The van der Waals surface area contributed by atoms with Crippen molar-refractivity contribution in [3.05, 3.63) is 49.9 Å². The number of nitro groups is 1. The second-order valence-corrected chi connectivity index (χ2v) is 7.86. The molecule has 1 fully saturated rings. The van der Waals surface area contributed by atoms with Crippen molar-refractivity contribution in [3.8, 4) is 0 Å². The molecule has 0 bridgehead atoms. The quantitative estimate of drug-likeness (QED) is 0.476. The number of nitrogens with one attached hydrogen (secondary N) is 1. The molecule has 1 heterocycles. The molecule has 0 amide bonds. The molecule has 1 saturated carbocycles. The summed E-state index contributed by atoms with van der Waals surface area (Å²) in [5, 5.41) is 14.7. The zero-order chi connectivity index (χ0) is 21.1. The van der Waals surface area contributed by atoms with Crippen LogP contribution in [0, 0.1) is 28.8 Å². The van der Waals surface area contributed by atoms with E-state index in [4.69, 9.17) is 23.1 Å². The fraction of sp³-hybridized carbons (Fsp3) is 0.474. The van der Waals surface area contributed by atoms with Crippen LogP contribution in [0.3, 0.4) is 0 Å². The van der Waals surface area contributed by atoms with Crippen LogP contribution in [0.5, 0.6) is 0 Å². The Hall–Kier alpha value is -2.52. The van der Waals surface area contributed by atoms with E-state index in [1.807, 2.05) is 0 Å². The lowest BCUT2D eigenvalue weighted by Crippen LogP contribution is -2.27. The summed E-state index contributed by atoms with van der Waals surface area (Å²) in [5.41, 5.74) is 12.8. The summed E-state index contributed by atoms with van der Waals surface area (Å²) in [6.45, 7) is 1.81. The highest BCUT2D eigenvalue weighted by Gasteiger charge is 2.27. The maximum Gasteiger partial charge on any atom is 0.332 e. The molecule has 10 heteroatoms. The molecule has 8 nitrogen and oxygen atoms in total. The highest BCUT2D eigenvalue weighted by molar-refractivity contribution is 6.32. The monoisotopic (exact) mass is 422 g/mol. The highest BCUT2D eigenvalue weighted by atomic mass is 35.5. The summed E-state index contributed by atoms with van der Waals surface area (Å²) in [6.07, 6.45) is 3.96. The van der Waals surface area contributed by atoms with Crippen molar-refractivity contribution >= 4 is 29.1 Å². The fourth-order valence-corrected chi connectivity index (χ4v) is 3.87. The number of nitrogens with zero attached hydrogens (tertiary/aromatic N) is 3. The molecule has 3 rings (SSSR count). The standard InChI is InChI=1S/C19H24ClFN6O2/c1-10-2-7-14(21)13(16(10)20)9-24-19-25-15(17(27(28)29)18(23)26-19)8-11-3-5-12(22)6-4-11/h2,7,11-12H,3-6,8-9,22H2,1H3,(H3,23,24,25,26). The minimum Gasteiger partial charge on any atom is -0.378 e. The van der Waals surface area contributed by atoms with Crippen LogP contribution in [0.15, 0.2) is 12.1 Å². The van der Waals surface area contributed by atoms with Gasteiger partial charge in [0.15, 0.2) is 0 Å². The lowest BCUT2D eigenvalue weighted by atomic mass is 9.83. The molecule has 1 aromatic heterocycles. The third-order valence-corrected chi connectivity index (χ3v) is 5.87. The van der Waals surface area contributed by atoms with E-state index in [-0.39, 0.29) is 47.2 Å². The minimum absolute atomic E-state index is 0.0291. The van der Waals surface area contributed by atoms with Gasteiger partial charge in [-0.3, -0.25) is 10.1 Å². The molecule has 0 spiro atoms. The number of aromatic nitrogens is 2. The Morgan fingerprint density at radius 1 is 1.31 bits per heavy atom. The maximum atomic E-state index is 14.1. The molecule has 0 saturated heterocycles. The van der Waals surface area contributed by atoms with E-state index in [1.54, 1.807) is 13.0 Å². The van der Waals surface area contributed by atoms with Gasteiger partial charge < -0.3 is 16.8 Å². The smallest absolute Gasteiger partial charge is 0.332 e. The number of aryl methyl sites for hydroxylation is 1. The molecule has 156 valence electrons. The van der Waals surface area contributed by atoms with Gasteiger partial charge in [-0.2, -0.15) is 4.98 Å². The second-order valence-electron chi connectivity index (χ2n) is 7.48. The van der Waals surface area contributed by atoms with Crippen molar-refractivity contribution in [3.63, 3.8) is 0 Å². The van der Waals surface area contributed by atoms with Crippen molar-refractivity contribution in [1.29, 1.82) is 0 Å². The van der Waals surface area contributed by atoms with Gasteiger partial charge in [-0.05, 0) is 56.6 Å². The Balaban J connectivity index is 1.84. The van der Waals surface area contributed by atoms with Gasteiger partial charge >= 0.3 is 5.69 Å². The number of nitrogens with two attached hydrogens (primary N) is 2. The van der Waals surface area contributed by atoms with Gasteiger partial charge in [0.1, 0.15) is 11.5 Å².